The highest BCUT2D eigenvalue weighted by Gasteiger charge is 2.34. The highest BCUT2D eigenvalue weighted by atomic mass is 19.1. The van der Waals surface area contributed by atoms with E-state index >= 15 is 0 Å². The molecular weight excluding hydrogens is 257 g/mol. The Hall–Kier alpha value is -1.39. The van der Waals surface area contributed by atoms with Crippen LogP contribution in [-0.2, 0) is 4.74 Å². The van der Waals surface area contributed by atoms with Crippen molar-refractivity contribution in [3.8, 4) is 0 Å². The lowest BCUT2D eigenvalue weighted by atomic mass is 9.96. The van der Waals surface area contributed by atoms with Crippen LogP contribution in [0.15, 0.2) is 28.7 Å². The van der Waals surface area contributed by atoms with Gasteiger partial charge in [-0.2, -0.15) is 0 Å². The van der Waals surface area contributed by atoms with Crippen molar-refractivity contribution in [1.29, 1.82) is 0 Å². The third-order valence-electron chi connectivity index (χ3n) is 4.02. The Balaban J connectivity index is 1.98. The van der Waals surface area contributed by atoms with Gasteiger partial charge in [0.1, 0.15) is 5.76 Å². The van der Waals surface area contributed by atoms with E-state index in [1.54, 1.807) is 6.07 Å². The van der Waals surface area contributed by atoms with Crippen LogP contribution in [0.2, 0.25) is 0 Å². The van der Waals surface area contributed by atoms with Crippen molar-refractivity contribution in [2.75, 3.05) is 13.2 Å². The number of halogens is 1. The van der Waals surface area contributed by atoms with Crippen LogP contribution in [0.5, 0.6) is 0 Å². The molecule has 1 saturated heterocycles. The molecule has 1 aromatic carbocycles. The Bertz CT molecular complexity index is 595. The number of hydrogen-bond acceptors (Lipinski definition) is 3. The number of ether oxygens (including phenoxy) is 1. The van der Waals surface area contributed by atoms with Gasteiger partial charge in [-0.3, -0.25) is 0 Å². The summed E-state index contributed by atoms with van der Waals surface area (Å²) in [5.41, 5.74) is 0.330. The van der Waals surface area contributed by atoms with E-state index in [0.717, 1.165) is 30.7 Å². The monoisotopic (exact) mass is 277 g/mol. The van der Waals surface area contributed by atoms with E-state index in [9.17, 15) is 4.39 Å². The standard InChI is InChI=1S/C16H20FNO2/c1-3-18-14(15-10(2)7-8-19-15)13-9-11-5-4-6-12(17)16(11)20-13/h4-6,9-10,14-15,18H,3,7-8H2,1-2H3. The second-order valence-corrected chi connectivity index (χ2v) is 5.44. The predicted octanol–water partition coefficient (Wildman–Crippen LogP) is 3.65. The van der Waals surface area contributed by atoms with Crippen LogP contribution < -0.4 is 5.32 Å². The first kappa shape index (κ1) is 13.6. The first-order chi connectivity index (χ1) is 9.70. The van der Waals surface area contributed by atoms with Gasteiger partial charge in [-0.1, -0.05) is 26.0 Å². The molecule has 108 valence electrons. The third-order valence-corrected chi connectivity index (χ3v) is 4.02. The summed E-state index contributed by atoms with van der Waals surface area (Å²) in [7, 11) is 0. The van der Waals surface area contributed by atoms with E-state index in [4.69, 9.17) is 9.15 Å². The van der Waals surface area contributed by atoms with E-state index in [-0.39, 0.29) is 18.0 Å². The maximum atomic E-state index is 13.8. The molecule has 1 fully saturated rings. The van der Waals surface area contributed by atoms with Crippen LogP contribution in [0, 0.1) is 11.7 Å². The van der Waals surface area contributed by atoms with Crippen molar-refractivity contribution in [2.45, 2.75) is 32.4 Å². The molecule has 3 atom stereocenters. The van der Waals surface area contributed by atoms with Crippen LogP contribution >= 0.6 is 0 Å². The molecule has 0 aliphatic carbocycles. The Morgan fingerprint density at radius 1 is 1.45 bits per heavy atom. The molecule has 1 N–H and O–H groups in total. The molecule has 2 heterocycles. The van der Waals surface area contributed by atoms with E-state index in [1.165, 1.54) is 6.07 Å². The van der Waals surface area contributed by atoms with Crippen molar-refractivity contribution >= 4 is 11.0 Å². The first-order valence-electron chi connectivity index (χ1n) is 7.23. The summed E-state index contributed by atoms with van der Waals surface area (Å²) < 4.78 is 25.4. The van der Waals surface area contributed by atoms with Crippen LogP contribution in [0.1, 0.15) is 32.1 Å². The summed E-state index contributed by atoms with van der Waals surface area (Å²) in [6, 6.07) is 6.89. The molecule has 1 aromatic heterocycles. The SMILES string of the molecule is CCNC(c1cc2cccc(F)c2o1)C1OCCC1C. The molecule has 1 aliphatic rings. The summed E-state index contributed by atoms with van der Waals surface area (Å²) in [5, 5.41) is 4.21. The zero-order chi connectivity index (χ0) is 14.1. The van der Waals surface area contributed by atoms with Crippen molar-refractivity contribution in [1.82, 2.24) is 5.32 Å². The van der Waals surface area contributed by atoms with Gasteiger partial charge in [-0.05, 0) is 31.0 Å². The molecule has 1 aliphatic heterocycles. The zero-order valence-corrected chi connectivity index (χ0v) is 11.9. The molecule has 0 radical (unpaired) electrons. The summed E-state index contributed by atoms with van der Waals surface area (Å²) in [5.74, 6) is 0.909. The lowest BCUT2D eigenvalue weighted by Gasteiger charge is -2.25. The van der Waals surface area contributed by atoms with Gasteiger partial charge < -0.3 is 14.5 Å². The van der Waals surface area contributed by atoms with Gasteiger partial charge in [-0.15, -0.1) is 0 Å². The average Bonchev–Trinajstić information content (AvgIpc) is 3.03. The number of nitrogens with one attached hydrogen (secondary N) is 1. The van der Waals surface area contributed by atoms with Crippen LogP contribution in [0.25, 0.3) is 11.0 Å². The quantitative estimate of drug-likeness (QED) is 0.926. The van der Waals surface area contributed by atoms with E-state index in [1.807, 2.05) is 12.1 Å². The van der Waals surface area contributed by atoms with E-state index in [0.29, 0.717) is 11.5 Å². The Kier molecular flexibility index (Phi) is 3.76. The van der Waals surface area contributed by atoms with Gasteiger partial charge in [0, 0.05) is 12.0 Å². The smallest absolute Gasteiger partial charge is 0.169 e. The number of para-hydroxylation sites is 1. The number of fused-ring (bicyclic) bond motifs is 1. The van der Waals surface area contributed by atoms with Gasteiger partial charge in [0.05, 0.1) is 12.1 Å². The second-order valence-electron chi connectivity index (χ2n) is 5.44. The van der Waals surface area contributed by atoms with Gasteiger partial charge >= 0.3 is 0 Å². The summed E-state index contributed by atoms with van der Waals surface area (Å²) in [6.45, 7) is 5.83. The molecule has 0 amide bonds. The largest absolute Gasteiger partial charge is 0.456 e. The highest BCUT2D eigenvalue weighted by molar-refractivity contribution is 5.78. The van der Waals surface area contributed by atoms with Gasteiger partial charge in [0.15, 0.2) is 11.4 Å². The van der Waals surface area contributed by atoms with Gasteiger partial charge in [-0.25, -0.2) is 4.39 Å². The second kappa shape index (κ2) is 5.54. The van der Waals surface area contributed by atoms with Crippen molar-refractivity contribution in [3.05, 3.63) is 35.8 Å². The number of hydrogen-bond donors (Lipinski definition) is 1. The van der Waals surface area contributed by atoms with Gasteiger partial charge in [0.2, 0.25) is 0 Å². The fourth-order valence-electron chi connectivity index (χ4n) is 2.94. The summed E-state index contributed by atoms with van der Waals surface area (Å²) >= 11 is 0. The van der Waals surface area contributed by atoms with Crippen LogP contribution in [0.4, 0.5) is 4.39 Å². The van der Waals surface area contributed by atoms with Crippen molar-refractivity contribution in [3.63, 3.8) is 0 Å². The number of likely N-dealkylation sites (N-methyl/N-ethyl adjacent to an activating group) is 1. The minimum atomic E-state index is -0.315. The fraction of sp³-hybridized carbons (Fsp3) is 0.500. The normalized spacial score (nSPS) is 24.4. The van der Waals surface area contributed by atoms with E-state index in [2.05, 4.69) is 19.2 Å². The molecule has 20 heavy (non-hydrogen) atoms. The lowest BCUT2D eigenvalue weighted by molar-refractivity contribution is 0.0548. The number of rotatable bonds is 4. The van der Waals surface area contributed by atoms with Crippen LogP contribution in [0.3, 0.4) is 0 Å². The number of benzene rings is 1. The van der Waals surface area contributed by atoms with Crippen molar-refractivity contribution < 1.29 is 13.5 Å². The molecule has 2 aromatic rings. The average molecular weight is 277 g/mol. The molecule has 4 heteroatoms. The lowest BCUT2D eigenvalue weighted by Crippen LogP contribution is -2.34. The highest BCUT2D eigenvalue weighted by Crippen LogP contribution is 2.34. The van der Waals surface area contributed by atoms with Crippen LogP contribution in [-0.4, -0.2) is 19.3 Å². The topological polar surface area (TPSA) is 34.4 Å². The Morgan fingerprint density at radius 2 is 2.30 bits per heavy atom. The summed E-state index contributed by atoms with van der Waals surface area (Å²) in [6.07, 6.45) is 1.14. The molecule has 3 unspecified atom stereocenters. The molecule has 3 rings (SSSR count). The summed E-state index contributed by atoms with van der Waals surface area (Å²) in [4.78, 5) is 0. The van der Waals surface area contributed by atoms with Crippen molar-refractivity contribution in [2.24, 2.45) is 5.92 Å². The molecule has 3 nitrogen and oxygen atoms in total. The molecule has 0 saturated carbocycles. The minimum absolute atomic E-state index is 0.0238. The minimum Gasteiger partial charge on any atom is -0.456 e. The van der Waals surface area contributed by atoms with E-state index < -0.39 is 0 Å². The molecular formula is C16H20FNO2. The Morgan fingerprint density at radius 3 is 2.95 bits per heavy atom. The molecule has 0 bridgehead atoms. The zero-order valence-electron chi connectivity index (χ0n) is 11.9. The maximum Gasteiger partial charge on any atom is 0.169 e. The Labute approximate surface area is 118 Å². The third kappa shape index (κ3) is 2.34. The first-order valence-corrected chi connectivity index (χ1v) is 7.23. The predicted molar refractivity (Wildman–Crippen MR) is 76.1 cm³/mol. The number of furan rings is 1. The fourth-order valence-corrected chi connectivity index (χ4v) is 2.94. The molecule has 0 spiro atoms. The maximum absolute atomic E-state index is 13.8. The van der Waals surface area contributed by atoms with Gasteiger partial charge in [0.25, 0.3) is 0 Å².